The van der Waals surface area contributed by atoms with Gasteiger partial charge in [-0.25, -0.2) is 12.3 Å². The van der Waals surface area contributed by atoms with E-state index in [-0.39, 0.29) is 0 Å². The fourth-order valence-electron chi connectivity index (χ4n) is 4.65. The van der Waals surface area contributed by atoms with Crippen molar-refractivity contribution in [1.29, 1.82) is 0 Å². The molecule has 0 fully saturated rings. The molecule has 104 valence electrons. The van der Waals surface area contributed by atoms with Crippen LogP contribution in [0.25, 0.3) is 0 Å². The second kappa shape index (κ2) is 4.12. The van der Waals surface area contributed by atoms with Crippen LogP contribution >= 0.6 is 0 Å². The van der Waals surface area contributed by atoms with Gasteiger partial charge in [0.25, 0.3) is 0 Å². The molecule has 0 rings (SSSR count). The van der Waals surface area contributed by atoms with Gasteiger partial charge in [0.2, 0.25) is 0 Å². The Labute approximate surface area is 106 Å². The van der Waals surface area contributed by atoms with E-state index < -0.39 is 31.3 Å². The van der Waals surface area contributed by atoms with Crippen LogP contribution in [0.4, 0.5) is 12.3 Å². The van der Waals surface area contributed by atoms with Crippen molar-refractivity contribution < 1.29 is 12.3 Å². The first kappa shape index (κ1) is 17.2. The molecule has 0 bridgehead atoms. The van der Waals surface area contributed by atoms with Gasteiger partial charge in [0.15, 0.2) is 7.59 Å². The lowest BCUT2D eigenvalue weighted by molar-refractivity contribution is 0.458. The van der Waals surface area contributed by atoms with Crippen LogP contribution in [0.15, 0.2) is 0 Å². The Bertz CT molecular complexity index is 213. The molecule has 0 amide bonds. The fraction of sp³-hybridized carbons (Fsp3) is 1.00. The summed E-state index contributed by atoms with van der Waals surface area (Å²) in [4.78, 5) is 0. The zero-order valence-corrected chi connectivity index (χ0v) is 14.6. The average Bonchev–Trinajstić information content (AvgIpc) is 1.67. The Kier molecular flexibility index (Phi) is 4.17. The molecule has 0 N–H and O–H groups in total. The third-order valence-electron chi connectivity index (χ3n) is 3.80. The Morgan fingerprint density at radius 2 is 0.706 bits per heavy atom. The standard InChI is InChI=1S/C12H27F3Si2/c1-10(2,3)16(11(4,5)6,12(7,8)9)17(13,14)15/h1-9H3. The monoisotopic (exact) mass is 284 g/mol. The van der Waals surface area contributed by atoms with Crippen LogP contribution in [-0.2, 0) is 0 Å². The normalized spacial score (nSPS) is 16.2. The first-order valence-electron chi connectivity index (χ1n) is 6.07. The molecule has 0 aliphatic heterocycles. The highest BCUT2D eigenvalue weighted by Crippen LogP contribution is 2.66. The highest BCUT2D eigenvalue weighted by molar-refractivity contribution is 7.37. The predicted octanol–water partition coefficient (Wildman–Crippen LogP) is 5.76. The van der Waals surface area contributed by atoms with Crippen molar-refractivity contribution >= 4 is 16.2 Å². The maximum atomic E-state index is 14.1. The maximum absolute atomic E-state index is 14.1. The van der Waals surface area contributed by atoms with Crippen molar-refractivity contribution in [3.63, 3.8) is 0 Å². The minimum Gasteiger partial charge on any atom is -0.241 e. The molecule has 5 heteroatoms. The van der Waals surface area contributed by atoms with Crippen molar-refractivity contribution in [2.75, 3.05) is 0 Å². The Morgan fingerprint density at radius 3 is 0.706 bits per heavy atom. The molecule has 0 atom stereocenters. The van der Waals surface area contributed by atoms with Gasteiger partial charge in [-0.2, -0.15) is 0 Å². The van der Waals surface area contributed by atoms with E-state index in [4.69, 9.17) is 0 Å². The van der Waals surface area contributed by atoms with Gasteiger partial charge < -0.3 is 0 Å². The van der Waals surface area contributed by atoms with Crippen molar-refractivity contribution in [2.45, 2.75) is 77.4 Å². The molecule has 0 aliphatic carbocycles. The number of rotatable bonds is 1. The Morgan fingerprint density at radius 1 is 0.529 bits per heavy atom. The third-order valence-corrected chi connectivity index (χ3v) is 20.7. The van der Waals surface area contributed by atoms with Crippen LogP contribution in [0.5, 0.6) is 0 Å². The number of hydrogen-bond donors (Lipinski definition) is 0. The summed E-state index contributed by atoms with van der Waals surface area (Å²) in [6.07, 6.45) is 0. The van der Waals surface area contributed by atoms with E-state index in [0.717, 1.165) is 0 Å². The van der Waals surface area contributed by atoms with Crippen LogP contribution in [0.2, 0.25) is 15.1 Å². The number of hydrogen-bond acceptors (Lipinski definition) is 0. The van der Waals surface area contributed by atoms with E-state index in [9.17, 15) is 12.3 Å². The number of halogens is 3. The van der Waals surface area contributed by atoms with Gasteiger partial charge in [0.1, 0.15) is 0 Å². The molecule has 0 unspecified atom stereocenters. The predicted molar refractivity (Wildman–Crippen MR) is 74.0 cm³/mol. The zero-order valence-electron chi connectivity index (χ0n) is 12.6. The molecule has 0 radical (unpaired) electrons. The maximum Gasteiger partial charge on any atom is 0.583 e. The van der Waals surface area contributed by atoms with Crippen molar-refractivity contribution in [3.05, 3.63) is 0 Å². The second-order valence-electron chi connectivity index (χ2n) is 8.00. The molecule has 0 aromatic heterocycles. The summed E-state index contributed by atoms with van der Waals surface area (Å²) < 4.78 is 42.2. The SMILES string of the molecule is CC(C)(C)[Si](C(C)(C)C)(C(C)(C)C)[Si](F)(F)F. The van der Waals surface area contributed by atoms with Crippen LogP contribution in [0.1, 0.15) is 62.3 Å². The van der Waals surface area contributed by atoms with Gasteiger partial charge in [-0.15, -0.1) is 0 Å². The topological polar surface area (TPSA) is 0 Å². The van der Waals surface area contributed by atoms with E-state index in [1.807, 2.05) is 0 Å². The van der Waals surface area contributed by atoms with Crippen molar-refractivity contribution in [2.24, 2.45) is 0 Å². The van der Waals surface area contributed by atoms with E-state index in [2.05, 4.69) is 0 Å². The summed E-state index contributed by atoms with van der Waals surface area (Å²) in [6, 6.07) is 0. The lowest BCUT2D eigenvalue weighted by Gasteiger charge is -2.57. The van der Waals surface area contributed by atoms with Crippen molar-refractivity contribution in [1.82, 2.24) is 0 Å². The summed E-state index contributed by atoms with van der Waals surface area (Å²) in [7, 11) is -9.17. The summed E-state index contributed by atoms with van der Waals surface area (Å²) >= 11 is 0. The average molecular weight is 285 g/mol. The minimum absolute atomic E-state index is 0.659. The van der Waals surface area contributed by atoms with Gasteiger partial charge in [-0.3, -0.25) is 0 Å². The molecule has 17 heavy (non-hydrogen) atoms. The summed E-state index contributed by atoms with van der Waals surface area (Å²) in [5.41, 5.74) is 0. The first-order chi connectivity index (χ1) is 7.00. The molecule has 0 heterocycles. The van der Waals surface area contributed by atoms with Gasteiger partial charge in [-0.1, -0.05) is 62.3 Å². The molecular formula is C12H27F3Si2. The Hall–Kier alpha value is 0.224. The van der Waals surface area contributed by atoms with Crippen LogP contribution in [0.3, 0.4) is 0 Å². The largest absolute Gasteiger partial charge is 0.583 e. The Balaban J connectivity index is 6.37. The van der Waals surface area contributed by atoms with Crippen LogP contribution < -0.4 is 0 Å². The van der Waals surface area contributed by atoms with Gasteiger partial charge >= 0.3 is 8.59 Å². The first-order valence-corrected chi connectivity index (χ1v) is 10.7. The third kappa shape index (κ3) is 2.50. The van der Waals surface area contributed by atoms with Gasteiger partial charge in [-0.05, 0) is 15.1 Å². The molecule has 0 aromatic carbocycles. The molecule has 0 saturated heterocycles. The van der Waals surface area contributed by atoms with E-state index in [1.54, 1.807) is 62.3 Å². The highest BCUT2D eigenvalue weighted by Gasteiger charge is 2.77. The fourth-order valence-corrected chi connectivity index (χ4v) is 21.6. The summed E-state index contributed by atoms with van der Waals surface area (Å²) in [5.74, 6) is 0. The lowest BCUT2D eigenvalue weighted by atomic mass is 10.2. The van der Waals surface area contributed by atoms with Crippen LogP contribution in [0, 0.1) is 0 Å². The molecule has 0 aliphatic rings. The molecule has 0 nitrogen and oxygen atoms in total. The summed E-state index contributed by atoms with van der Waals surface area (Å²) in [5, 5.41) is -1.98. The van der Waals surface area contributed by atoms with Crippen molar-refractivity contribution in [3.8, 4) is 0 Å². The minimum atomic E-state index is -5.70. The second-order valence-corrected chi connectivity index (χ2v) is 18.9. The van der Waals surface area contributed by atoms with E-state index in [0.29, 0.717) is 0 Å². The molecular weight excluding hydrogens is 257 g/mol. The van der Waals surface area contributed by atoms with E-state index >= 15 is 0 Å². The summed E-state index contributed by atoms with van der Waals surface area (Å²) in [6.45, 7) is 16.1. The lowest BCUT2D eigenvalue weighted by Crippen LogP contribution is -2.71. The van der Waals surface area contributed by atoms with Gasteiger partial charge in [0.05, 0.1) is 0 Å². The van der Waals surface area contributed by atoms with E-state index in [1.165, 1.54) is 0 Å². The molecule has 0 aromatic rings. The smallest absolute Gasteiger partial charge is 0.241 e. The molecule has 0 spiro atoms. The highest BCUT2D eigenvalue weighted by atomic mass is 29.3. The molecule has 0 saturated carbocycles. The zero-order chi connectivity index (χ0) is 14.5. The van der Waals surface area contributed by atoms with Crippen LogP contribution in [-0.4, -0.2) is 16.2 Å². The van der Waals surface area contributed by atoms with Gasteiger partial charge in [0, 0.05) is 0 Å². The quantitative estimate of drug-likeness (QED) is 0.424.